The van der Waals surface area contributed by atoms with Crippen LogP contribution in [0, 0.1) is 5.92 Å². The van der Waals surface area contributed by atoms with Gasteiger partial charge in [-0.25, -0.2) is 0 Å². The van der Waals surface area contributed by atoms with Gasteiger partial charge in [0.2, 0.25) is 0 Å². The molecule has 0 unspecified atom stereocenters. The topological polar surface area (TPSA) is 9.23 Å². The van der Waals surface area contributed by atoms with Gasteiger partial charge in [0.1, 0.15) is 5.60 Å². The third-order valence-electron chi connectivity index (χ3n) is 5.47. The monoisotopic (exact) mass is 292 g/mol. The molecule has 2 aliphatic rings. The molecule has 0 spiro atoms. The van der Waals surface area contributed by atoms with Gasteiger partial charge in [0.05, 0.1) is 6.10 Å². The summed E-state index contributed by atoms with van der Waals surface area (Å²) in [5, 5.41) is 0. The average molecular weight is 292 g/mol. The number of fused-ring (bicyclic) bond motifs is 1. The second-order valence-corrected chi connectivity index (χ2v) is 6.72. The average Bonchev–Trinajstić information content (AvgIpc) is 2.56. The number of ether oxygens (including phenoxy) is 1. The van der Waals surface area contributed by atoms with Gasteiger partial charge in [-0.15, -0.1) is 0 Å². The Morgan fingerprint density at radius 1 is 0.682 bits per heavy atom. The van der Waals surface area contributed by atoms with E-state index in [4.69, 9.17) is 4.74 Å². The molecular formula is C21H24O. The molecule has 4 rings (SSSR count). The third-order valence-corrected chi connectivity index (χ3v) is 5.47. The van der Waals surface area contributed by atoms with Crippen molar-refractivity contribution in [3.05, 3.63) is 71.8 Å². The maximum Gasteiger partial charge on any atom is 0.124 e. The van der Waals surface area contributed by atoms with E-state index in [9.17, 15) is 0 Å². The first-order valence-electron chi connectivity index (χ1n) is 8.70. The van der Waals surface area contributed by atoms with Crippen molar-refractivity contribution >= 4 is 0 Å². The molecule has 1 aliphatic heterocycles. The van der Waals surface area contributed by atoms with Crippen LogP contribution in [0.3, 0.4) is 0 Å². The van der Waals surface area contributed by atoms with Crippen LogP contribution in [0.4, 0.5) is 0 Å². The lowest BCUT2D eigenvalue weighted by Gasteiger charge is -2.56. The minimum Gasteiger partial charge on any atom is -0.361 e. The van der Waals surface area contributed by atoms with Crippen LogP contribution in [0.2, 0.25) is 0 Å². The highest BCUT2D eigenvalue weighted by Gasteiger charge is 2.56. The smallest absolute Gasteiger partial charge is 0.124 e. The molecule has 114 valence electrons. The Balaban J connectivity index is 1.77. The first-order valence-corrected chi connectivity index (χ1v) is 8.70. The van der Waals surface area contributed by atoms with Gasteiger partial charge in [-0.1, -0.05) is 86.3 Å². The predicted molar refractivity (Wildman–Crippen MR) is 89.7 cm³/mol. The van der Waals surface area contributed by atoms with Crippen molar-refractivity contribution in [2.45, 2.75) is 50.2 Å². The molecule has 0 bridgehead atoms. The van der Waals surface area contributed by atoms with Gasteiger partial charge in [-0.05, 0) is 24.0 Å². The standard InChI is InChI=1S/C21H24O/c1-2-10-16-20-19(15-9-1)21(22-20,17-11-5-3-6-12-17)18-13-7-4-8-14-18/h3-8,11-14,19-20H,1-2,9-10,15-16H2/t19-,20+/m0/s1. The maximum atomic E-state index is 6.64. The quantitative estimate of drug-likeness (QED) is 0.730. The largest absolute Gasteiger partial charge is 0.361 e. The van der Waals surface area contributed by atoms with Crippen LogP contribution in [-0.2, 0) is 10.3 Å². The van der Waals surface area contributed by atoms with Gasteiger partial charge >= 0.3 is 0 Å². The van der Waals surface area contributed by atoms with Crippen LogP contribution < -0.4 is 0 Å². The van der Waals surface area contributed by atoms with E-state index in [1.54, 1.807) is 0 Å². The van der Waals surface area contributed by atoms with E-state index in [1.165, 1.54) is 49.7 Å². The van der Waals surface area contributed by atoms with E-state index in [0.29, 0.717) is 12.0 Å². The van der Waals surface area contributed by atoms with E-state index >= 15 is 0 Å². The highest BCUT2D eigenvalue weighted by atomic mass is 16.5. The molecule has 0 amide bonds. The molecule has 1 nitrogen and oxygen atoms in total. The Morgan fingerprint density at radius 3 is 1.82 bits per heavy atom. The van der Waals surface area contributed by atoms with E-state index in [2.05, 4.69) is 60.7 Å². The van der Waals surface area contributed by atoms with Gasteiger partial charge in [-0.3, -0.25) is 0 Å². The lowest BCUT2D eigenvalue weighted by atomic mass is 9.65. The van der Waals surface area contributed by atoms with E-state index in [1.807, 2.05) is 0 Å². The van der Waals surface area contributed by atoms with Gasteiger partial charge in [-0.2, -0.15) is 0 Å². The maximum absolute atomic E-state index is 6.64. The molecule has 1 heterocycles. The fourth-order valence-electron chi connectivity index (χ4n) is 4.41. The molecule has 22 heavy (non-hydrogen) atoms. The first-order chi connectivity index (χ1) is 10.9. The number of benzene rings is 2. The summed E-state index contributed by atoms with van der Waals surface area (Å²) in [4.78, 5) is 0. The fourth-order valence-corrected chi connectivity index (χ4v) is 4.41. The lowest BCUT2D eigenvalue weighted by molar-refractivity contribution is -0.252. The van der Waals surface area contributed by atoms with Crippen molar-refractivity contribution in [1.82, 2.24) is 0 Å². The summed E-state index contributed by atoms with van der Waals surface area (Å²) >= 11 is 0. The SMILES string of the molecule is c1ccc(C2(c3ccccc3)O[C@@H]3CCCCCC[C@@H]32)cc1. The molecular weight excluding hydrogens is 268 g/mol. The minimum absolute atomic E-state index is 0.218. The van der Waals surface area contributed by atoms with Crippen LogP contribution >= 0.6 is 0 Å². The van der Waals surface area contributed by atoms with Crippen molar-refractivity contribution in [2.75, 3.05) is 0 Å². The van der Waals surface area contributed by atoms with Crippen LogP contribution in [-0.4, -0.2) is 6.10 Å². The lowest BCUT2D eigenvalue weighted by Crippen LogP contribution is -2.58. The molecule has 1 saturated heterocycles. The molecule has 2 aromatic rings. The Hall–Kier alpha value is -1.60. The summed E-state index contributed by atoms with van der Waals surface area (Å²) < 4.78 is 6.64. The van der Waals surface area contributed by atoms with Crippen molar-refractivity contribution in [3.8, 4) is 0 Å². The third kappa shape index (κ3) is 2.19. The second kappa shape index (κ2) is 5.89. The molecule has 2 aromatic carbocycles. The van der Waals surface area contributed by atoms with Crippen molar-refractivity contribution in [3.63, 3.8) is 0 Å². The zero-order chi connectivity index (χ0) is 14.8. The van der Waals surface area contributed by atoms with Crippen LogP contribution in [0.15, 0.2) is 60.7 Å². The molecule has 1 aliphatic carbocycles. The zero-order valence-corrected chi connectivity index (χ0v) is 13.1. The van der Waals surface area contributed by atoms with Crippen LogP contribution in [0.25, 0.3) is 0 Å². The van der Waals surface area contributed by atoms with Crippen molar-refractivity contribution < 1.29 is 4.74 Å². The minimum atomic E-state index is -0.218. The second-order valence-electron chi connectivity index (χ2n) is 6.72. The van der Waals surface area contributed by atoms with Crippen LogP contribution in [0.1, 0.15) is 49.7 Å². The van der Waals surface area contributed by atoms with Crippen molar-refractivity contribution in [2.24, 2.45) is 5.92 Å². The van der Waals surface area contributed by atoms with Gasteiger partial charge in [0.15, 0.2) is 0 Å². The number of rotatable bonds is 2. The Morgan fingerprint density at radius 2 is 1.23 bits per heavy atom. The highest BCUT2D eigenvalue weighted by molar-refractivity contribution is 5.40. The Labute approximate surface area is 133 Å². The van der Waals surface area contributed by atoms with Gasteiger partial charge in [0, 0.05) is 5.92 Å². The van der Waals surface area contributed by atoms with Crippen LogP contribution in [0.5, 0.6) is 0 Å². The van der Waals surface area contributed by atoms with Gasteiger partial charge in [0.25, 0.3) is 0 Å². The summed E-state index contributed by atoms with van der Waals surface area (Å²) in [5.41, 5.74) is 2.43. The summed E-state index contributed by atoms with van der Waals surface area (Å²) in [6, 6.07) is 21.7. The molecule has 2 fully saturated rings. The molecule has 2 atom stereocenters. The summed E-state index contributed by atoms with van der Waals surface area (Å²) in [7, 11) is 0. The summed E-state index contributed by atoms with van der Waals surface area (Å²) in [5.74, 6) is 0.623. The Bertz CT molecular complexity index is 565. The first kappa shape index (κ1) is 14.0. The highest BCUT2D eigenvalue weighted by Crippen LogP contribution is 2.55. The zero-order valence-electron chi connectivity index (χ0n) is 13.1. The number of hydrogen-bond donors (Lipinski definition) is 0. The Kier molecular flexibility index (Phi) is 3.75. The van der Waals surface area contributed by atoms with Gasteiger partial charge < -0.3 is 4.74 Å². The number of hydrogen-bond acceptors (Lipinski definition) is 1. The summed E-state index contributed by atoms with van der Waals surface area (Å²) in [6.07, 6.45) is 8.37. The summed E-state index contributed by atoms with van der Waals surface area (Å²) in [6.45, 7) is 0. The molecule has 1 heteroatoms. The molecule has 0 N–H and O–H groups in total. The molecule has 0 aromatic heterocycles. The fraction of sp³-hybridized carbons (Fsp3) is 0.429. The van der Waals surface area contributed by atoms with E-state index < -0.39 is 0 Å². The van der Waals surface area contributed by atoms with E-state index in [-0.39, 0.29) is 5.60 Å². The normalized spacial score (nSPS) is 27.1. The predicted octanol–water partition coefficient (Wildman–Crippen LogP) is 5.30. The molecule has 0 radical (unpaired) electrons. The van der Waals surface area contributed by atoms with Crippen molar-refractivity contribution in [1.29, 1.82) is 0 Å². The molecule has 1 saturated carbocycles. The van der Waals surface area contributed by atoms with E-state index in [0.717, 1.165) is 0 Å².